The van der Waals surface area contributed by atoms with Gasteiger partial charge in [0, 0.05) is 12.3 Å². The van der Waals surface area contributed by atoms with Crippen molar-refractivity contribution in [2.75, 3.05) is 0 Å². The molecule has 0 spiro atoms. The summed E-state index contributed by atoms with van der Waals surface area (Å²) in [6.07, 6.45) is 1.80. The molecule has 0 unspecified atom stereocenters. The lowest BCUT2D eigenvalue weighted by atomic mass is 10.3. The van der Waals surface area contributed by atoms with E-state index < -0.39 is 4.92 Å². The fraction of sp³-hybridized carbons (Fsp3) is 0.154. The van der Waals surface area contributed by atoms with E-state index in [-0.39, 0.29) is 18.1 Å². The van der Waals surface area contributed by atoms with E-state index in [1.807, 2.05) is 18.2 Å². The van der Waals surface area contributed by atoms with Gasteiger partial charge in [0.15, 0.2) is 11.5 Å². The highest BCUT2D eigenvalue weighted by Gasteiger charge is 2.19. The lowest BCUT2D eigenvalue weighted by molar-refractivity contribution is -0.385. The summed E-state index contributed by atoms with van der Waals surface area (Å²) in [7, 11) is 0. The Morgan fingerprint density at radius 2 is 2.27 bits per heavy atom. The molecule has 22 heavy (non-hydrogen) atoms. The van der Waals surface area contributed by atoms with Crippen molar-refractivity contribution in [2.45, 2.75) is 13.5 Å². The van der Waals surface area contributed by atoms with Crippen LogP contribution in [0.4, 0.5) is 5.69 Å². The Bertz CT molecular complexity index is 870. The lowest BCUT2D eigenvalue weighted by Gasteiger charge is -2.01. The van der Waals surface area contributed by atoms with Gasteiger partial charge in [-0.15, -0.1) is 21.5 Å². The van der Waals surface area contributed by atoms with Crippen LogP contribution in [0.5, 0.6) is 0 Å². The van der Waals surface area contributed by atoms with Gasteiger partial charge in [0.05, 0.1) is 21.2 Å². The molecule has 112 valence electrons. The van der Waals surface area contributed by atoms with Gasteiger partial charge in [-0.05, 0) is 19.1 Å². The summed E-state index contributed by atoms with van der Waals surface area (Å²) in [5, 5.41) is 21.5. The Labute approximate surface area is 128 Å². The van der Waals surface area contributed by atoms with Crippen molar-refractivity contribution in [1.29, 1.82) is 0 Å². The van der Waals surface area contributed by atoms with Gasteiger partial charge in [0.25, 0.3) is 11.6 Å². The zero-order valence-electron chi connectivity index (χ0n) is 11.5. The Balaban J connectivity index is 1.75. The number of carbonyl (C=O) groups is 1. The molecule has 8 nitrogen and oxygen atoms in total. The van der Waals surface area contributed by atoms with Crippen molar-refractivity contribution in [1.82, 2.24) is 19.9 Å². The van der Waals surface area contributed by atoms with Crippen LogP contribution in [0.15, 0.2) is 30.5 Å². The average Bonchev–Trinajstić information content (AvgIpc) is 3.08. The molecule has 0 aliphatic carbocycles. The number of rotatable bonds is 4. The Hall–Kier alpha value is -2.81. The molecule has 3 aromatic heterocycles. The number of aromatic nitrogens is 3. The molecule has 1 N–H and O–H groups in total. The van der Waals surface area contributed by atoms with Crippen LogP contribution in [0.25, 0.3) is 5.65 Å². The lowest BCUT2D eigenvalue weighted by Crippen LogP contribution is -2.23. The van der Waals surface area contributed by atoms with E-state index in [4.69, 9.17) is 0 Å². The molecule has 0 atom stereocenters. The highest BCUT2D eigenvalue weighted by Crippen LogP contribution is 2.27. The minimum atomic E-state index is -0.491. The standard InChI is InChI=1S/C13H11N5O3S/c1-8-9(18(20)21)6-10(22-8)13(19)14-7-12-16-15-11-4-2-3-5-17(11)12/h2-6H,7H2,1H3,(H,14,19). The molecule has 0 radical (unpaired) electrons. The quantitative estimate of drug-likeness (QED) is 0.585. The van der Waals surface area contributed by atoms with Crippen LogP contribution in [0.1, 0.15) is 20.4 Å². The van der Waals surface area contributed by atoms with Gasteiger partial charge >= 0.3 is 0 Å². The van der Waals surface area contributed by atoms with E-state index in [1.165, 1.54) is 6.07 Å². The van der Waals surface area contributed by atoms with Crippen molar-refractivity contribution in [3.05, 3.63) is 56.2 Å². The zero-order valence-corrected chi connectivity index (χ0v) is 12.3. The van der Waals surface area contributed by atoms with Gasteiger partial charge in [-0.1, -0.05) is 6.07 Å². The Morgan fingerprint density at radius 3 is 3.00 bits per heavy atom. The molecule has 3 aromatic rings. The average molecular weight is 317 g/mol. The number of hydrogen-bond acceptors (Lipinski definition) is 6. The molecule has 1 amide bonds. The van der Waals surface area contributed by atoms with Crippen molar-refractivity contribution in [2.24, 2.45) is 0 Å². The van der Waals surface area contributed by atoms with Crippen molar-refractivity contribution >= 4 is 28.6 Å². The number of nitrogens with one attached hydrogen (secondary N) is 1. The first-order valence-electron chi connectivity index (χ1n) is 6.38. The molecule has 0 saturated heterocycles. The second-order valence-corrected chi connectivity index (χ2v) is 5.79. The first-order valence-corrected chi connectivity index (χ1v) is 7.19. The molecule has 0 bridgehead atoms. The summed E-state index contributed by atoms with van der Waals surface area (Å²) in [5.41, 5.74) is 0.650. The molecular formula is C13H11N5O3S. The third-order valence-electron chi connectivity index (χ3n) is 3.10. The van der Waals surface area contributed by atoms with Gasteiger partial charge in [0.2, 0.25) is 0 Å². The van der Waals surface area contributed by atoms with Crippen LogP contribution in [0.2, 0.25) is 0 Å². The SMILES string of the molecule is Cc1sc(C(=O)NCc2nnc3ccccn23)cc1[N+](=O)[O-]. The number of hydrogen-bond donors (Lipinski definition) is 1. The molecule has 0 saturated carbocycles. The van der Waals surface area contributed by atoms with Crippen LogP contribution >= 0.6 is 11.3 Å². The number of amides is 1. The van der Waals surface area contributed by atoms with Gasteiger partial charge in [-0.2, -0.15) is 0 Å². The van der Waals surface area contributed by atoms with E-state index in [0.29, 0.717) is 21.2 Å². The first kappa shape index (κ1) is 14.1. The number of pyridine rings is 1. The Morgan fingerprint density at radius 1 is 1.45 bits per heavy atom. The van der Waals surface area contributed by atoms with Crippen molar-refractivity contribution < 1.29 is 9.72 Å². The predicted octanol–water partition coefficient (Wildman–Crippen LogP) is 1.94. The summed E-state index contributed by atoms with van der Waals surface area (Å²) >= 11 is 1.10. The number of nitrogens with zero attached hydrogens (tertiary/aromatic N) is 4. The fourth-order valence-corrected chi connectivity index (χ4v) is 2.93. The molecular weight excluding hydrogens is 306 g/mol. The molecule has 0 fully saturated rings. The third-order valence-corrected chi connectivity index (χ3v) is 4.14. The van der Waals surface area contributed by atoms with Crippen LogP contribution < -0.4 is 5.32 Å². The number of thiophene rings is 1. The summed E-state index contributed by atoms with van der Waals surface area (Å²) in [6, 6.07) is 6.79. The zero-order chi connectivity index (χ0) is 15.7. The van der Waals surface area contributed by atoms with Gasteiger partial charge in [-0.3, -0.25) is 19.3 Å². The van der Waals surface area contributed by atoms with Gasteiger partial charge in [-0.25, -0.2) is 0 Å². The van der Waals surface area contributed by atoms with E-state index in [1.54, 1.807) is 17.5 Å². The minimum absolute atomic E-state index is 0.0388. The first-order chi connectivity index (χ1) is 10.6. The van der Waals surface area contributed by atoms with Crippen LogP contribution in [0, 0.1) is 17.0 Å². The monoisotopic (exact) mass is 317 g/mol. The summed E-state index contributed by atoms with van der Waals surface area (Å²) in [5.74, 6) is 0.223. The normalized spacial score (nSPS) is 10.8. The number of nitro groups is 1. The maximum atomic E-state index is 12.1. The molecule has 0 aliphatic rings. The molecule has 3 rings (SSSR count). The highest BCUT2D eigenvalue weighted by atomic mass is 32.1. The fourth-order valence-electron chi connectivity index (χ4n) is 2.02. The maximum Gasteiger partial charge on any atom is 0.283 e. The van der Waals surface area contributed by atoms with E-state index in [2.05, 4.69) is 15.5 Å². The molecule has 9 heteroatoms. The van der Waals surface area contributed by atoms with Crippen molar-refractivity contribution in [3.63, 3.8) is 0 Å². The number of carbonyl (C=O) groups excluding carboxylic acids is 1. The third kappa shape index (κ3) is 2.53. The van der Waals surface area contributed by atoms with Crippen LogP contribution in [-0.4, -0.2) is 25.4 Å². The summed E-state index contributed by atoms with van der Waals surface area (Å²) in [4.78, 5) is 23.2. The summed E-state index contributed by atoms with van der Waals surface area (Å²) in [6.45, 7) is 1.81. The molecule has 0 aliphatic heterocycles. The van der Waals surface area contributed by atoms with E-state index in [0.717, 1.165) is 11.3 Å². The second-order valence-electron chi connectivity index (χ2n) is 4.54. The smallest absolute Gasteiger partial charge is 0.283 e. The topological polar surface area (TPSA) is 102 Å². The van der Waals surface area contributed by atoms with Gasteiger partial charge in [0.1, 0.15) is 0 Å². The Kier molecular flexibility index (Phi) is 3.55. The van der Waals surface area contributed by atoms with Crippen molar-refractivity contribution in [3.8, 4) is 0 Å². The predicted molar refractivity (Wildman–Crippen MR) is 79.9 cm³/mol. The largest absolute Gasteiger partial charge is 0.344 e. The summed E-state index contributed by atoms with van der Waals surface area (Å²) < 4.78 is 1.77. The second kappa shape index (κ2) is 5.53. The van der Waals surface area contributed by atoms with Gasteiger partial charge < -0.3 is 5.32 Å². The van der Waals surface area contributed by atoms with Crippen LogP contribution in [0.3, 0.4) is 0 Å². The maximum absolute atomic E-state index is 12.1. The molecule has 3 heterocycles. The van der Waals surface area contributed by atoms with E-state index >= 15 is 0 Å². The number of fused-ring (bicyclic) bond motifs is 1. The van der Waals surface area contributed by atoms with E-state index in [9.17, 15) is 14.9 Å². The number of aryl methyl sites for hydroxylation is 1. The molecule has 0 aromatic carbocycles. The van der Waals surface area contributed by atoms with Crippen LogP contribution in [-0.2, 0) is 6.54 Å². The minimum Gasteiger partial charge on any atom is -0.344 e. The highest BCUT2D eigenvalue weighted by molar-refractivity contribution is 7.14.